The third kappa shape index (κ3) is 4.86. The van der Waals surface area contributed by atoms with Gasteiger partial charge in [0.05, 0.1) is 24.3 Å². The van der Waals surface area contributed by atoms with Crippen LogP contribution in [-0.2, 0) is 11.2 Å². The van der Waals surface area contributed by atoms with Gasteiger partial charge in [-0.3, -0.25) is 4.79 Å². The van der Waals surface area contributed by atoms with Gasteiger partial charge in [-0.1, -0.05) is 35.9 Å². The van der Waals surface area contributed by atoms with Gasteiger partial charge < -0.3 is 19.5 Å². The van der Waals surface area contributed by atoms with E-state index >= 15 is 0 Å². The molecular formula is C28H34ClNO4. The van der Waals surface area contributed by atoms with Crippen molar-refractivity contribution in [3.05, 3.63) is 52.5 Å². The number of para-hydroxylation sites is 2. The van der Waals surface area contributed by atoms with Gasteiger partial charge in [0.25, 0.3) is 0 Å². The van der Waals surface area contributed by atoms with Gasteiger partial charge in [-0.15, -0.1) is 0 Å². The molecule has 1 heterocycles. The average Bonchev–Trinajstić information content (AvgIpc) is 3.32. The maximum Gasteiger partial charge on any atom is 0.220 e. The number of methoxy groups -OCH3 is 1. The van der Waals surface area contributed by atoms with Crippen molar-refractivity contribution in [2.45, 2.75) is 88.4 Å². The van der Waals surface area contributed by atoms with Crippen LogP contribution in [0.1, 0.15) is 81.4 Å². The first-order chi connectivity index (χ1) is 16.6. The van der Waals surface area contributed by atoms with Gasteiger partial charge >= 0.3 is 0 Å². The molecule has 0 aromatic heterocycles. The first kappa shape index (κ1) is 23.3. The van der Waals surface area contributed by atoms with E-state index in [9.17, 15) is 4.79 Å². The zero-order valence-corrected chi connectivity index (χ0v) is 20.7. The van der Waals surface area contributed by atoms with Crippen LogP contribution < -0.4 is 19.5 Å². The van der Waals surface area contributed by atoms with Crippen molar-refractivity contribution in [3.8, 4) is 17.2 Å². The number of nitrogens with one attached hydrogen (secondary N) is 1. The van der Waals surface area contributed by atoms with Crippen LogP contribution in [0, 0.1) is 0 Å². The Hall–Kier alpha value is -2.40. The van der Waals surface area contributed by atoms with E-state index in [0.717, 1.165) is 79.7 Å². The van der Waals surface area contributed by atoms with Crippen molar-refractivity contribution in [2.24, 2.45) is 0 Å². The van der Waals surface area contributed by atoms with Crippen molar-refractivity contribution in [3.63, 3.8) is 0 Å². The Labute approximate surface area is 207 Å². The van der Waals surface area contributed by atoms with Gasteiger partial charge in [-0.25, -0.2) is 0 Å². The molecule has 3 aliphatic rings. The minimum atomic E-state index is -0.178. The fourth-order valence-electron chi connectivity index (χ4n) is 5.59. The topological polar surface area (TPSA) is 56.8 Å². The molecule has 1 amide bonds. The minimum Gasteiger partial charge on any atom is -0.493 e. The zero-order valence-electron chi connectivity index (χ0n) is 19.9. The van der Waals surface area contributed by atoms with Gasteiger partial charge in [0.2, 0.25) is 5.91 Å². The summed E-state index contributed by atoms with van der Waals surface area (Å²) in [5, 5.41) is 3.90. The Morgan fingerprint density at radius 3 is 2.68 bits per heavy atom. The smallest absolute Gasteiger partial charge is 0.220 e. The Balaban J connectivity index is 1.22. The largest absolute Gasteiger partial charge is 0.493 e. The summed E-state index contributed by atoms with van der Waals surface area (Å²) in [6.07, 6.45) is 10.9. The average molecular weight is 484 g/mol. The van der Waals surface area contributed by atoms with Gasteiger partial charge in [-0.05, 0) is 75.5 Å². The summed E-state index contributed by atoms with van der Waals surface area (Å²) in [6.45, 7) is 0. The fraction of sp³-hybridized carbons (Fsp3) is 0.536. The van der Waals surface area contributed by atoms with E-state index in [1.807, 2.05) is 30.3 Å². The lowest BCUT2D eigenvalue weighted by atomic mass is 9.73. The van der Waals surface area contributed by atoms with Crippen LogP contribution in [0.2, 0.25) is 5.02 Å². The number of halogens is 1. The number of carbonyl (C=O) groups is 1. The number of amides is 1. The Morgan fingerprint density at radius 1 is 1.15 bits per heavy atom. The number of ether oxygens (including phenoxy) is 3. The number of hydrogen-bond acceptors (Lipinski definition) is 4. The highest BCUT2D eigenvalue weighted by Gasteiger charge is 2.46. The van der Waals surface area contributed by atoms with E-state index in [0.29, 0.717) is 11.4 Å². The lowest BCUT2D eigenvalue weighted by Crippen LogP contribution is -2.49. The van der Waals surface area contributed by atoms with E-state index in [1.165, 1.54) is 12.8 Å². The number of hydrogen-bond donors (Lipinski definition) is 1. The van der Waals surface area contributed by atoms with E-state index in [1.54, 1.807) is 7.11 Å². The molecule has 5 rings (SSSR count). The van der Waals surface area contributed by atoms with E-state index in [-0.39, 0.29) is 23.7 Å². The van der Waals surface area contributed by atoms with Crippen LogP contribution in [0.4, 0.5) is 0 Å². The highest BCUT2D eigenvalue weighted by atomic mass is 35.5. The van der Waals surface area contributed by atoms with Gasteiger partial charge in [0.1, 0.15) is 11.4 Å². The standard InChI is InChI=1S/C28H34ClNO4/c1-32-24-14-4-8-19(26(24)33-20-10-2-3-11-20)9-5-15-25(31)30-23-18-28(16-7-17-28)34-27-21(23)12-6-13-22(27)29/h4,6,8,12-14,20,23H,2-3,5,7,9-11,15-18H2,1H3,(H,30,31)/t23-/m0/s1. The molecule has 34 heavy (non-hydrogen) atoms. The SMILES string of the molecule is COc1cccc(CCCC(=O)N[C@H]2CC3(CCC3)Oc3c(Cl)cccc32)c1OC1CCCC1. The lowest BCUT2D eigenvalue weighted by molar-refractivity contribution is -0.123. The first-order valence-corrected chi connectivity index (χ1v) is 13.0. The van der Waals surface area contributed by atoms with Crippen LogP contribution in [0.5, 0.6) is 17.2 Å². The highest BCUT2D eigenvalue weighted by molar-refractivity contribution is 6.32. The van der Waals surface area contributed by atoms with Crippen LogP contribution >= 0.6 is 11.6 Å². The molecule has 0 bridgehead atoms. The number of carbonyl (C=O) groups excluding carboxylic acids is 1. The number of rotatable bonds is 8. The van der Waals surface area contributed by atoms with Crippen molar-refractivity contribution in [2.75, 3.05) is 7.11 Å². The Morgan fingerprint density at radius 2 is 1.94 bits per heavy atom. The van der Waals surface area contributed by atoms with Gasteiger partial charge in [0.15, 0.2) is 11.5 Å². The predicted molar refractivity (Wildman–Crippen MR) is 133 cm³/mol. The Bertz CT molecular complexity index is 1030. The molecule has 1 spiro atoms. The van der Waals surface area contributed by atoms with Crippen molar-refractivity contribution >= 4 is 17.5 Å². The van der Waals surface area contributed by atoms with Gasteiger partial charge in [-0.2, -0.15) is 0 Å². The second-order valence-corrected chi connectivity index (χ2v) is 10.4. The molecular weight excluding hydrogens is 450 g/mol. The van der Waals surface area contributed by atoms with Crippen molar-refractivity contribution in [1.82, 2.24) is 5.32 Å². The van der Waals surface area contributed by atoms with Crippen LogP contribution in [0.15, 0.2) is 36.4 Å². The van der Waals surface area contributed by atoms with Crippen molar-refractivity contribution in [1.29, 1.82) is 0 Å². The first-order valence-electron chi connectivity index (χ1n) is 12.7. The summed E-state index contributed by atoms with van der Waals surface area (Å²) in [5.41, 5.74) is 1.91. The van der Waals surface area contributed by atoms with E-state index in [4.69, 9.17) is 25.8 Å². The molecule has 1 atom stereocenters. The third-order valence-electron chi connectivity index (χ3n) is 7.58. The molecule has 2 aromatic rings. The quantitative estimate of drug-likeness (QED) is 0.462. The molecule has 2 saturated carbocycles. The second-order valence-electron chi connectivity index (χ2n) is 9.95. The number of benzene rings is 2. The summed E-state index contributed by atoms with van der Waals surface area (Å²) in [6, 6.07) is 11.8. The molecule has 0 saturated heterocycles. The summed E-state index contributed by atoms with van der Waals surface area (Å²) in [5.74, 6) is 2.42. The minimum absolute atomic E-state index is 0.0617. The zero-order chi connectivity index (χ0) is 23.5. The summed E-state index contributed by atoms with van der Waals surface area (Å²) in [4.78, 5) is 13.0. The summed E-state index contributed by atoms with van der Waals surface area (Å²) in [7, 11) is 1.68. The molecule has 2 fully saturated rings. The maximum absolute atomic E-state index is 13.0. The number of aryl methyl sites for hydroxylation is 1. The molecule has 0 radical (unpaired) electrons. The summed E-state index contributed by atoms with van der Waals surface area (Å²) < 4.78 is 18.2. The normalized spacial score (nSPS) is 20.8. The number of fused-ring (bicyclic) bond motifs is 1. The predicted octanol–water partition coefficient (Wildman–Crippen LogP) is 6.56. The van der Waals surface area contributed by atoms with Gasteiger partial charge in [0, 0.05) is 18.4 Å². The summed E-state index contributed by atoms with van der Waals surface area (Å²) >= 11 is 6.44. The lowest BCUT2D eigenvalue weighted by Gasteiger charge is -2.48. The molecule has 2 aromatic carbocycles. The van der Waals surface area contributed by atoms with Crippen LogP contribution in [0.25, 0.3) is 0 Å². The highest BCUT2D eigenvalue weighted by Crippen LogP contribution is 2.50. The molecule has 182 valence electrons. The third-order valence-corrected chi connectivity index (χ3v) is 7.88. The molecule has 6 heteroatoms. The molecule has 5 nitrogen and oxygen atoms in total. The van der Waals surface area contributed by atoms with E-state index in [2.05, 4.69) is 11.4 Å². The molecule has 2 aliphatic carbocycles. The van der Waals surface area contributed by atoms with Crippen LogP contribution in [0.3, 0.4) is 0 Å². The van der Waals surface area contributed by atoms with E-state index < -0.39 is 0 Å². The molecule has 1 aliphatic heterocycles. The monoisotopic (exact) mass is 483 g/mol. The molecule has 0 unspecified atom stereocenters. The fourth-order valence-corrected chi connectivity index (χ4v) is 5.81. The second kappa shape index (κ2) is 10.1. The molecule has 1 N–H and O–H groups in total. The maximum atomic E-state index is 13.0. The van der Waals surface area contributed by atoms with Crippen molar-refractivity contribution < 1.29 is 19.0 Å². The Kier molecular flexibility index (Phi) is 6.91. The van der Waals surface area contributed by atoms with Crippen LogP contribution in [-0.4, -0.2) is 24.7 Å².